The summed E-state index contributed by atoms with van der Waals surface area (Å²) in [5.74, 6) is 0.934. The number of carbonyl (C=O) groups excluding carboxylic acids is 3. The van der Waals surface area contributed by atoms with Gasteiger partial charge in [-0.15, -0.1) is 0 Å². The smallest absolute Gasteiger partial charge is 0.261 e. The van der Waals surface area contributed by atoms with Crippen molar-refractivity contribution in [2.75, 3.05) is 14.2 Å². The van der Waals surface area contributed by atoms with Gasteiger partial charge >= 0.3 is 0 Å². The van der Waals surface area contributed by atoms with Crippen LogP contribution in [0.4, 0.5) is 0 Å². The van der Waals surface area contributed by atoms with Crippen LogP contribution in [0.15, 0.2) is 59.0 Å². The minimum absolute atomic E-state index is 0.0672. The third-order valence-electron chi connectivity index (χ3n) is 5.25. The summed E-state index contributed by atoms with van der Waals surface area (Å²) in [4.78, 5) is 41.1. The minimum Gasteiger partial charge on any atom is -0.496 e. The number of imide groups is 1. The summed E-state index contributed by atoms with van der Waals surface area (Å²) in [5.41, 5.74) is 1.79. The second-order valence-electron chi connectivity index (χ2n) is 7.45. The Morgan fingerprint density at radius 2 is 1.71 bits per heavy atom. The summed E-state index contributed by atoms with van der Waals surface area (Å²) in [6, 6.07) is 15.5. The number of amides is 3. The standard InChI is InChI=1S/C24H22N2O5/c1-15-8-10-17(31-15)14-25(2)22(27)20-12-16(9-11-21(20)30-3)13-26-23(28)18-6-4-5-7-19(18)24(26)29/h4-12H,13-14H2,1-3H3. The van der Waals surface area contributed by atoms with Crippen molar-refractivity contribution in [1.29, 1.82) is 0 Å². The lowest BCUT2D eigenvalue weighted by molar-refractivity contribution is 0.0642. The zero-order valence-corrected chi connectivity index (χ0v) is 17.5. The molecule has 1 aromatic heterocycles. The predicted molar refractivity (Wildman–Crippen MR) is 113 cm³/mol. The van der Waals surface area contributed by atoms with Crippen molar-refractivity contribution in [2.24, 2.45) is 0 Å². The Balaban J connectivity index is 1.57. The normalized spacial score (nSPS) is 12.8. The number of aryl methyl sites for hydroxylation is 1. The first-order chi connectivity index (χ1) is 14.9. The maximum atomic E-state index is 13.1. The number of rotatable bonds is 6. The molecule has 31 heavy (non-hydrogen) atoms. The molecule has 0 saturated carbocycles. The molecule has 0 N–H and O–H groups in total. The van der Waals surface area contributed by atoms with Gasteiger partial charge in [-0.25, -0.2) is 0 Å². The van der Waals surface area contributed by atoms with Crippen LogP contribution in [0.1, 0.15) is 48.2 Å². The van der Waals surface area contributed by atoms with E-state index in [2.05, 4.69) is 0 Å². The van der Waals surface area contributed by atoms with E-state index in [0.29, 0.717) is 40.3 Å². The summed E-state index contributed by atoms with van der Waals surface area (Å²) in [7, 11) is 3.17. The van der Waals surface area contributed by atoms with Crippen molar-refractivity contribution in [3.63, 3.8) is 0 Å². The first-order valence-corrected chi connectivity index (χ1v) is 9.82. The number of furan rings is 1. The highest BCUT2D eigenvalue weighted by atomic mass is 16.5. The van der Waals surface area contributed by atoms with Crippen LogP contribution in [0.5, 0.6) is 5.75 Å². The van der Waals surface area contributed by atoms with Crippen LogP contribution in [-0.4, -0.2) is 41.7 Å². The lowest BCUT2D eigenvalue weighted by atomic mass is 10.1. The molecule has 2 heterocycles. The fraction of sp³-hybridized carbons (Fsp3) is 0.208. The van der Waals surface area contributed by atoms with Gasteiger partial charge in [-0.3, -0.25) is 19.3 Å². The second-order valence-corrected chi connectivity index (χ2v) is 7.45. The quantitative estimate of drug-likeness (QED) is 0.571. The summed E-state index contributed by atoms with van der Waals surface area (Å²) in [5, 5.41) is 0. The molecule has 0 spiro atoms. The van der Waals surface area contributed by atoms with Crippen LogP contribution >= 0.6 is 0 Å². The molecule has 0 radical (unpaired) electrons. The Labute approximate surface area is 179 Å². The number of hydrogen-bond acceptors (Lipinski definition) is 5. The maximum Gasteiger partial charge on any atom is 0.261 e. The Hall–Kier alpha value is -3.87. The molecular formula is C24H22N2O5. The minimum atomic E-state index is -0.338. The van der Waals surface area contributed by atoms with Gasteiger partial charge in [0.25, 0.3) is 17.7 Å². The van der Waals surface area contributed by atoms with E-state index in [0.717, 1.165) is 5.76 Å². The van der Waals surface area contributed by atoms with Crippen molar-refractivity contribution < 1.29 is 23.5 Å². The van der Waals surface area contributed by atoms with Crippen molar-refractivity contribution in [2.45, 2.75) is 20.0 Å². The van der Waals surface area contributed by atoms with Crippen molar-refractivity contribution in [1.82, 2.24) is 9.80 Å². The molecule has 158 valence electrons. The average molecular weight is 418 g/mol. The van der Waals surface area contributed by atoms with Crippen LogP contribution in [0.3, 0.4) is 0 Å². The molecule has 3 amide bonds. The number of ether oxygens (including phenoxy) is 1. The molecule has 0 bridgehead atoms. The largest absolute Gasteiger partial charge is 0.496 e. The number of benzene rings is 2. The number of fused-ring (bicyclic) bond motifs is 1. The highest BCUT2D eigenvalue weighted by Crippen LogP contribution is 2.27. The summed E-state index contributed by atoms with van der Waals surface area (Å²) >= 11 is 0. The zero-order chi connectivity index (χ0) is 22.1. The lowest BCUT2D eigenvalue weighted by Crippen LogP contribution is -2.30. The average Bonchev–Trinajstić information content (AvgIpc) is 3.29. The van der Waals surface area contributed by atoms with Gasteiger partial charge in [0, 0.05) is 7.05 Å². The van der Waals surface area contributed by atoms with E-state index in [9.17, 15) is 14.4 Å². The molecule has 7 heteroatoms. The molecule has 4 rings (SSSR count). The van der Waals surface area contributed by atoms with Gasteiger partial charge in [-0.1, -0.05) is 18.2 Å². The van der Waals surface area contributed by atoms with Gasteiger partial charge in [0.1, 0.15) is 17.3 Å². The molecule has 7 nitrogen and oxygen atoms in total. The highest BCUT2D eigenvalue weighted by Gasteiger charge is 2.35. The second kappa shape index (κ2) is 8.10. The number of nitrogens with zero attached hydrogens (tertiary/aromatic N) is 2. The van der Waals surface area contributed by atoms with E-state index in [1.54, 1.807) is 49.5 Å². The molecule has 0 unspecified atom stereocenters. The zero-order valence-electron chi connectivity index (χ0n) is 17.5. The van der Waals surface area contributed by atoms with Crippen LogP contribution in [-0.2, 0) is 13.1 Å². The van der Waals surface area contributed by atoms with Crippen LogP contribution < -0.4 is 4.74 Å². The Morgan fingerprint density at radius 1 is 1.03 bits per heavy atom. The van der Waals surface area contributed by atoms with Gasteiger partial charge in [-0.05, 0) is 48.9 Å². The third kappa shape index (κ3) is 3.82. The van der Waals surface area contributed by atoms with E-state index in [1.165, 1.54) is 16.9 Å². The van der Waals surface area contributed by atoms with Crippen molar-refractivity contribution >= 4 is 17.7 Å². The summed E-state index contributed by atoms with van der Waals surface area (Å²) in [6.07, 6.45) is 0. The number of methoxy groups -OCH3 is 1. The molecule has 2 aromatic carbocycles. The lowest BCUT2D eigenvalue weighted by Gasteiger charge is -2.19. The van der Waals surface area contributed by atoms with Gasteiger partial charge in [0.2, 0.25) is 0 Å². The van der Waals surface area contributed by atoms with Crippen LogP contribution in [0, 0.1) is 6.92 Å². The molecule has 0 saturated heterocycles. The van der Waals surface area contributed by atoms with Gasteiger partial charge in [0.15, 0.2) is 0 Å². The highest BCUT2D eigenvalue weighted by molar-refractivity contribution is 6.21. The van der Waals surface area contributed by atoms with Gasteiger partial charge < -0.3 is 14.1 Å². The molecule has 1 aliphatic heterocycles. The Morgan fingerprint density at radius 3 is 2.29 bits per heavy atom. The Bertz CT molecular complexity index is 1150. The van der Waals surface area contributed by atoms with Crippen molar-refractivity contribution in [3.8, 4) is 5.75 Å². The maximum absolute atomic E-state index is 13.1. The SMILES string of the molecule is COc1ccc(CN2C(=O)c3ccccc3C2=O)cc1C(=O)N(C)Cc1ccc(C)o1. The summed E-state index contributed by atoms with van der Waals surface area (Å²) < 4.78 is 10.9. The number of carbonyl (C=O) groups is 3. The monoisotopic (exact) mass is 418 g/mol. The Kier molecular flexibility index (Phi) is 5.33. The topological polar surface area (TPSA) is 80.1 Å². The molecule has 1 aliphatic rings. The van der Waals surface area contributed by atoms with E-state index in [4.69, 9.17) is 9.15 Å². The predicted octanol–water partition coefficient (Wildman–Crippen LogP) is 3.67. The van der Waals surface area contributed by atoms with Crippen molar-refractivity contribution in [3.05, 3.63) is 88.4 Å². The molecule has 3 aromatic rings. The molecular weight excluding hydrogens is 396 g/mol. The number of hydrogen-bond donors (Lipinski definition) is 0. The van der Waals surface area contributed by atoms with Crippen LogP contribution in [0.25, 0.3) is 0 Å². The van der Waals surface area contributed by atoms with Crippen LogP contribution in [0.2, 0.25) is 0 Å². The van der Waals surface area contributed by atoms with Gasteiger partial charge in [-0.2, -0.15) is 0 Å². The van der Waals surface area contributed by atoms with E-state index >= 15 is 0 Å². The fourth-order valence-electron chi connectivity index (χ4n) is 3.67. The van der Waals surface area contributed by atoms with E-state index in [-0.39, 0.29) is 24.3 Å². The molecule has 0 fully saturated rings. The molecule has 0 aliphatic carbocycles. The first kappa shape index (κ1) is 20.4. The third-order valence-corrected chi connectivity index (χ3v) is 5.25. The first-order valence-electron chi connectivity index (χ1n) is 9.82. The molecule has 0 atom stereocenters. The fourth-order valence-corrected chi connectivity index (χ4v) is 3.67. The van der Waals surface area contributed by atoms with Gasteiger partial charge in [0.05, 0.1) is 36.9 Å². The van der Waals surface area contributed by atoms with E-state index in [1.807, 2.05) is 19.1 Å². The summed E-state index contributed by atoms with van der Waals surface area (Å²) in [6.45, 7) is 2.22. The van der Waals surface area contributed by atoms with E-state index < -0.39 is 0 Å².